The Balaban J connectivity index is 1.43. The van der Waals surface area contributed by atoms with Crippen LogP contribution in [-0.2, 0) is 4.74 Å². The molecule has 0 atom stereocenters. The zero-order valence-electron chi connectivity index (χ0n) is 22.0. The van der Waals surface area contributed by atoms with Crippen LogP contribution in [0.1, 0.15) is 67.8 Å². The van der Waals surface area contributed by atoms with Gasteiger partial charge in [-0.05, 0) is 74.8 Å². The Kier molecular flexibility index (Phi) is 9.27. The molecule has 0 aromatic heterocycles. The van der Waals surface area contributed by atoms with Crippen LogP contribution in [0.4, 0.5) is 26.3 Å². The predicted octanol–water partition coefficient (Wildman–Crippen LogP) is 8.26. The summed E-state index contributed by atoms with van der Waals surface area (Å²) in [4.78, 5) is 12.5. The second-order valence-corrected chi connectivity index (χ2v) is 9.47. The number of carbonyl (C=O) groups is 1. The Labute approximate surface area is 227 Å². The van der Waals surface area contributed by atoms with Crippen molar-refractivity contribution in [1.82, 2.24) is 0 Å². The van der Waals surface area contributed by atoms with E-state index >= 15 is 8.78 Å². The van der Waals surface area contributed by atoms with Gasteiger partial charge in [0.25, 0.3) is 0 Å². The normalized spacial score (nSPS) is 17.0. The first kappa shape index (κ1) is 29.3. The van der Waals surface area contributed by atoms with Crippen molar-refractivity contribution in [3.63, 3.8) is 0 Å². The van der Waals surface area contributed by atoms with Gasteiger partial charge >= 0.3 is 5.97 Å². The summed E-state index contributed by atoms with van der Waals surface area (Å²) in [6.45, 7) is 3.70. The van der Waals surface area contributed by atoms with Crippen LogP contribution in [0, 0.1) is 34.9 Å². The summed E-state index contributed by atoms with van der Waals surface area (Å²) in [5.74, 6) is -9.85. The lowest BCUT2D eigenvalue weighted by atomic mass is 9.82. The number of ether oxygens (including phenoxy) is 3. The van der Waals surface area contributed by atoms with Crippen LogP contribution < -0.4 is 9.47 Å². The van der Waals surface area contributed by atoms with Gasteiger partial charge in [0.05, 0.1) is 18.8 Å². The van der Waals surface area contributed by atoms with E-state index < -0.39 is 69.6 Å². The summed E-state index contributed by atoms with van der Waals surface area (Å²) < 4.78 is 103. The summed E-state index contributed by atoms with van der Waals surface area (Å²) in [5.41, 5.74) is -1.37. The molecule has 0 heterocycles. The molecule has 0 unspecified atom stereocenters. The third-order valence-corrected chi connectivity index (χ3v) is 6.87. The van der Waals surface area contributed by atoms with Gasteiger partial charge in [-0.1, -0.05) is 19.1 Å². The SMILES string of the molecule is CCCOc1ccc(C(=O)OC2CCC(c3ccc(-c4ccc(OCC)c(F)c4F)c(F)c3F)CC2)c(F)c1F. The zero-order chi connectivity index (χ0) is 29.0. The number of hydrogen-bond donors (Lipinski definition) is 0. The molecule has 0 aliphatic heterocycles. The number of halogens is 6. The maximum absolute atomic E-state index is 15.1. The van der Waals surface area contributed by atoms with Crippen LogP contribution in [0.5, 0.6) is 11.5 Å². The minimum absolute atomic E-state index is 0.0635. The van der Waals surface area contributed by atoms with Gasteiger partial charge < -0.3 is 14.2 Å². The Morgan fingerprint density at radius 3 is 1.93 bits per heavy atom. The van der Waals surface area contributed by atoms with Crippen LogP contribution in [-0.4, -0.2) is 25.3 Å². The molecule has 4 rings (SSSR count). The summed E-state index contributed by atoms with van der Waals surface area (Å²) in [6.07, 6.45) is 1.16. The summed E-state index contributed by atoms with van der Waals surface area (Å²) in [7, 11) is 0. The molecule has 0 amide bonds. The number of benzene rings is 3. The van der Waals surface area contributed by atoms with E-state index in [1.54, 1.807) is 6.92 Å². The smallest absolute Gasteiger partial charge is 0.341 e. The fraction of sp³-hybridized carbons (Fsp3) is 0.367. The lowest BCUT2D eigenvalue weighted by molar-refractivity contribution is 0.0188. The van der Waals surface area contributed by atoms with Gasteiger partial charge in [-0.2, -0.15) is 8.78 Å². The van der Waals surface area contributed by atoms with Crippen LogP contribution in [0.2, 0.25) is 0 Å². The van der Waals surface area contributed by atoms with Crippen LogP contribution in [0.25, 0.3) is 11.1 Å². The van der Waals surface area contributed by atoms with Crippen molar-refractivity contribution in [2.75, 3.05) is 13.2 Å². The molecule has 214 valence electrons. The minimum atomic E-state index is -1.37. The number of hydrogen-bond acceptors (Lipinski definition) is 4. The molecular formula is C30H28F6O4. The van der Waals surface area contributed by atoms with Crippen molar-refractivity contribution in [2.24, 2.45) is 0 Å². The quantitative estimate of drug-likeness (QED) is 0.193. The molecule has 4 nitrogen and oxygen atoms in total. The number of rotatable bonds is 9. The minimum Gasteiger partial charge on any atom is -0.491 e. The highest BCUT2D eigenvalue weighted by molar-refractivity contribution is 5.90. The van der Waals surface area contributed by atoms with E-state index in [4.69, 9.17) is 14.2 Å². The van der Waals surface area contributed by atoms with Crippen molar-refractivity contribution in [2.45, 2.75) is 58.0 Å². The van der Waals surface area contributed by atoms with Crippen molar-refractivity contribution in [3.8, 4) is 22.6 Å². The first-order chi connectivity index (χ1) is 19.2. The molecule has 1 saturated carbocycles. The molecule has 0 spiro atoms. The first-order valence-electron chi connectivity index (χ1n) is 13.1. The molecule has 3 aromatic rings. The Bertz CT molecular complexity index is 1390. The summed E-state index contributed by atoms with van der Waals surface area (Å²) in [6, 6.07) is 7.06. The molecule has 1 aliphatic rings. The molecular weight excluding hydrogens is 538 g/mol. The molecule has 3 aromatic carbocycles. The van der Waals surface area contributed by atoms with Crippen molar-refractivity contribution < 1.29 is 45.3 Å². The largest absolute Gasteiger partial charge is 0.491 e. The van der Waals surface area contributed by atoms with Gasteiger partial charge in [-0.3, -0.25) is 0 Å². The van der Waals surface area contributed by atoms with Gasteiger partial charge in [0.2, 0.25) is 11.6 Å². The van der Waals surface area contributed by atoms with Gasteiger partial charge in [0.15, 0.2) is 34.8 Å². The standard InChI is InChI=1S/C30H28F6O4/c1-3-15-39-23-14-12-21(27(34)29(23)36)30(37)40-17-7-5-16(6-8-17)18-9-10-19(25(32)24(18)31)20-11-13-22(38-4-2)28(35)26(20)33/h9-14,16-17H,3-8,15H2,1-2H3. The highest BCUT2D eigenvalue weighted by Gasteiger charge is 2.30. The van der Waals surface area contributed by atoms with E-state index in [0.29, 0.717) is 19.3 Å². The molecule has 1 fully saturated rings. The average Bonchev–Trinajstić information content (AvgIpc) is 2.94. The van der Waals surface area contributed by atoms with Gasteiger partial charge in [-0.15, -0.1) is 0 Å². The van der Waals surface area contributed by atoms with Crippen LogP contribution in [0.15, 0.2) is 36.4 Å². The maximum atomic E-state index is 15.1. The second-order valence-electron chi connectivity index (χ2n) is 9.47. The first-order valence-corrected chi connectivity index (χ1v) is 13.1. The highest BCUT2D eigenvalue weighted by Crippen LogP contribution is 2.39. The predicted molar refractivity (Wildman–Crippen MR) is 135 cm³/mol. The second kappa shape index (κ2) is 12.7. The fourth-order valence-corrected chi connectivity index (χ4v) is 4.81. The van der Waals surface area contributed by atoms with Crippen molar-refractivity contribution in [3.05, 3.63) is 82.4 Å². The topological polar surface area (TPSA) is 44.8 Å². The molecule has 0 saturated heterocycles. The zero-order valence-corrected chi connectivity index (χ0v) is 22.0. The van der Waals surface area contributed by atoms with E-state index in [0.717, 1.165) is 24.3 Å². The monoisotopic (exact) mass is 566 g/mol. The molecule has 0 bridgehead atoms. The fourth-order valence-electron chi connectivity index (χ4n) is 4.81. The third kappa shape index (κ3) is 5.90. The number of esters is 1. The van der Waals surface area contributed by atoms with E-state index in [1.165, 1.54) is 12.1 Å². The Hall–Kier alpha value is -3.69. The van der Waals surface area contributed by atoms with Crippen LogP contribution in [0.3, 0.4) is 0 Å². The molecule has 1 aliphatic carbocycles. The maximum Gasteiger partial charge on any atom is 0.341 e. The molecule has 10 heteroatoms. The molecule has 40 heavy (non-hydrogen) atoms. The highest BCUT2D eigenvalue weighted by atomic mass is 19.2. The van der Waals surface area contributed by atoms with Crippen molar-refractivity contribution in [1.29, 1.82) is 0 Å². The molecule has 0 N–H and O–H groups in total. The Morgan fingerprint density at radius 2 is 1.27 bits per heavy atom. The van der Waals surface area contributed by atoms with E-state index in [1.807, 2.05) is 6.92 Å². The van der Waals surface area contributed by atoms with Gasteiger partial charge in [-0.25, -0.2) is 22.4 Å². The van der Waals surface area contributed by atoms with Gasteiger partial charge in [0.1, 0.15) is 6.10 Å². The number of carbonyl (C=O) groups excluding carboxylic acids is 1. The van der Waals surface area contributed by atoms with E-state index in [2.05, 4.69) is 0 Å². The van der Waals surface area contributed by atoms with Crippen molar-refractivity contribution >= 4 is 5.97 Å². The summed E-state index contributed by atoms with van der Waals surface area (Å²) >= 11 is 0. The third-order valence-electron chi connectivity index (χ3n) is 6.87. The Morgan fingerprint density at radius 1 is 0.700 bits per heavy atom. The lowest BCUT2D eigenvalue weighted by Crippen LogP contribution is -2.25. The summed E-state index contributed by atoms with van der Waals surface area (Å²) in [5, 5.41) is 0. The van der Waals surface area contributed by atoms with E-state index in [-0.39, 0.29) is 43.1 Å². The molecule has 0 radical (unpaired) electrons. The van der Waals surface area contributed by atoms with Crippen LogP contribution >= 0.6 is 0 Å². The lowest BCUT2D eigenvalue weighted by Gasteiger charge is -2.29. The van der Waals surface area contributed by atoms with Gasteiger partial charge in [0, 0.05) is 11.1 Å². The van der Waals surface area contributed by atoms with E-state index in [9.17, 15) is 22.4 Å². The average molecular weight is 567 g/mol.